The number of para-hydroxylation sites is 1. The van der Waals surface area contributed by atoms with Crippen LogP contribution < -0.4 is 11.5 Å². The zero-order valence-corrected chi connectivity index (χ0v) is 9.20. The number of amides is 1. The van der Waals surface area contributed by atoms with E-state index in [1.54, 1.807) is 6.07 Å². The number of carboxylic acids is 1. The number of carboxylic acid groups (broad SMARTS) is 1. The summed E-state index contributed by atoms with van der Waals surface area (Å²) in [6.45, 7) is 0. The number of aromatic nitrogens is 2. The standard InChI is InChI=1S/C11H10N4O3/c12-7-3-1-2-6(11(17)18)9(7)15-5-4-8(14-15)10(13)16/h1-5H,12H2,(H2,13,16)(H,17,18). The van der Waals surface area contributed by atoms with Gasteiger partial charge in [0.1, 0.15) is 11.4 Å². The molecule has 0 radical (unpaired) electrons. The molecule has 2 aromatic rings. The van der Waals surface area contributed by atoms with Crippen molar-refractivity contribution >= 4 is 17.6 Å². The molecule has 0 aliphatic carbocycles. The van der Waals surface area contributed by atoms with Crippen molar-refractivity contribution in [2.24, 2.45) is 5.73 Å². The lowest BCUT2D eigenvalue weighted by atomic mass is 10.1. The zero-order chi connectivity index (χ0) is 13.3. The van der Waals surface area contributed by atoms with Gasteiger partial charge in [-0.1, -0.05) is 6.07 Å². The third kappa shape index (κ3) is 1.88. The summed E-state index contributed by atoms with van der Waals surface area (Å²) in [6, 6.07) is 5.87. The highest BCUT2D eigenvalue weighted by molar-refractivity contribution is 5.95. The van der Waals surface area contributed by atoms with Crippen LogP contribution in [-0.4, -0.2) is 26.8 Å². The molecule has 1 aromatic heterocycles. The van der Waals surface area contributed by atoms with Gasteiger partial charge in [0, 0.05) is 6.20 Å². The molecule has 1 heterocycles. The second kappa shape index (κ2) is 4.21. The van der Waals surface area contributed by atoms with E-state index in [-0.39, 0.29) is 22.6 Å². The van der Waals surface area contributed by atoms with Gasteiger partial charge in [0.2, 0.25) is 0 Å². The highest BCUT2D eigenvalue weighted by Gasteiger charge is 2.16. The van der Waals surface area contributed by atoms with Crippen LogP contribution in [0.1, 0.15) is 20.8 Å². The highest BCUT2D eigenvalue weighted by Crippen LogP contribution is 2.21. The van der Waals surface area contributed by atoms with Gasteiger partial charge in [0.05, 0.1) is 11.3 Å². The Morgan fingerprint density at radius 3 is 2.56 bits per heavy atom. The molecule has 5 N–H and O–H groups in total. The number of anilines is 1. The average Bonchev–Trinajstić information content (AvgIpc) is 2.77. The largest absolute Gasteiger partial charge is 0.478 e. The molecule has 0 aliphatic heterocycles. The van der Waals surface area contributed by atoms with Crippen molar-refractivity contribution < 1.29 is 14.7 Å². The summed E-state index contributed by atoms with van der Waals surface area (Å²) in [5.41, 5.74) is 11.3. The Labute approximate surface area is 102 Å². The number of benzene rings is 1. The van der Waals surface area contributed by atoms with Crippen LogP contribution in [0.2, 0.25) is 0 Å². The van der Waals surface area contributed by atoms with Crippen molar-refractivity contribution in [3.8, 4) is 5.69 Å². The number of carbonyl (C=O) groups is 2. The third-order valence-electron chi connectivity index (χ3n) is 2.37. The summed E-state index contributed by atoms with van der Waals surface area (Å²) in [7, 11) is 0. The van der Waals surface area contributed by atoms with E-state index in [1.165, 1.54) is 29.1 Å². The molecule has 18 heavy (non-hydrogen) atoms. The van der Waals surface area contributed by atoms with E-state index in [0.29, 0.717) is 0 Å². The van der Waals surface area contributed by atoms with Gasteiger partial charge in [0.15, 0.2) is 0 Å². The molecule has 0 aliphatic rings. The van der Waals surface area contributed by atoms with Crippen LogP contribution in [0.15, 0.2) is 30.5 Å². The van der Waals surface area contributed by atoms with Gasteiger partial charge in [-0.15, -0.1) is 0 Å². The molecule has 0 saturated carbocycles. The Kier molecular flexibility index (Phi) is 2.72. The van der Waals surface area contributed by atoms with Gasteiger partial charge in [-0.2, -0.15) is 5.10 Å². The summed E-state index contributed by atoms with van der Waals surface area (Å²) >= 11 is 0. The van der Waals surface area contributed by atoms with Gasteiger partial charge in [-0.3, -0.25) is 4.79 Å². The first-order valence-electron chi connectivity index (χ1n) is 4.98. The number of primary amides is 1. The summed E-state index contributed by atoms with van der Waals surface area (Å²) in [6.07, 6.45) is 1.43. The van der Waals surface area contributed by atoms with Crippen molar-refractivity contribution in [3.05, 3.63) is 41.7 Å². The van der Waals surface area contributed by atoms with E-state index in [2.05, 4.69) is 5.10 Å². The maximum atomic E-state index is 11.1. The first kappa shape index (κ1) is 11.6. The fourth-order valence-corrected chi connectivity index (χ4v) is 1.57. The van der Waals surface area contributed by atoms with Crippen LogP contribution in [0, 0.1) is 0 Å². The minimum atomic E-state index is -1.13. The molecule has 92 valence electrons. The van der Waals surface area contributed by atoms with E-state index in [0.717, 1.165) is 0 Å². The van der Waals surface area contributed by atoms with Crippen molar-refractivity contribution in [3.63, 3.8) is 0 Å². The molecule has 7 heteroatoms. The SMILES string of the molecule is NC(=O)c1ccn(-c2c(N)cccc2C(=O)O)n1. The second-order valence-electron chi connectivity index (χ2n) is 3.56. The molecule has 0 bridgehead atoms. The Hall–Kier alpha value is -2.83. The topological polar surface area (TPSA) is 124 Å². The number of nitrogens with zero attached hydrogens (tertiary/aromatic N) is 2. The maximum absolute atomic E-state index is 11.1. The number of aromatic carboxylic acids is 1. The van der Waals surface area contributed by atoms with Crippen LogP contribution in [0.4, 0.5) is 5.69 Å². The van der Waals surface area contributed by atoms with Gasteiger partial charge in [-0.05, 0) is 18.2 Å². The van der Waals surface area contributed by atoms with Gasteiger partial charge in [-0.25, -0.2) is 9.48 Å². The molecule has 7 nitrogen and oxygen atoms in total. The van der Waals surface area contributed by atoms with Gasteiger partial charge in [0.25, 0.3) is 5.91 Å². The lowest BCUT2D eigenvalue weighted by molar-refractivity contribution is 0.0696. The number of carbonyl (C=O) groups excluding carboxylic acids is 1. The molecular formula is C11H10N4O3. The summed E-state index contributed by atoms with van der Waals surface area (Å²) in [5, 5.41) is 13.0. The molecule has 0 saturated heterocycles. The van der Waals surface area contributed by atoms with Gasteiger partial charge < -0.3 is 16.6 Å². The number of nitrogens with two attached hydrogens (primary N) is 2. The summed E-state index contributed by atoms with van der Waals surface area (Å²) in [5.74, 6) is -1.83. The van der Waals surface area contributed by atoms with Crippen LogP contribution >= 0.6 is 0 Å². The van der Waals surface area contributed by atoms with Crippen LogP contribution in [0.25, 0.3) is 5.69 Å². The first-order valence-corrected chi connectivity index (χ1v) is 4.98. The Balaban J connectivity index is 2.62. The molecule has 2 rings (SSSR count). The monoisotopic (exact) mass is 246 g/mol. The minimum absolute atomic E-state index is 0.00544. The van der Waals surface area contributed by atoms with E-state index < -0.39 is 11.9 Å². The fourth-order valence-electron chi connectivity index (χ4n) is 1.57. The molecular weight excluding hydrogens is 236 g/mol. The predicted octanol–water partition coefficient (Wildman–Crippen LogP) is 0.252. The lowest BCUT2D eigenvalue weighted by Gasteiger charge is -2.08. The van der Waals surface area contributed by atoms with Gasteiger partial charge >= 0.3 is 5.97 Å². The molecule has 0 atom stereocenters. The number of nitrogen functional groups attached to an aromatic ring is 1. The second-order valence-corrected chi connectivity index (χ2v) is 3.56. The normalized spacial score (nSPS) is 10.2. The molecule has 0 fully saturated rings. The van der Waals surface area contributed by atoms with Crippen LogP contribution in [0.5, 0.6) is 0 Å². The van der Waals surface area contributed by atoms with E-state index in [1.807, 2.05) is 0 Å². The van der Waals surface area contributed by atoms with Crippen molar-refractivity contribution in [1.82, 2.24) is 9.78 Å². The van der Waals surface area contributed by atoms with Crippen molar-refractivity contribution in [2.75, 3.05) is 5.73 Å². The zero-order valence-electron chi connectivity index (χ0n) is 9.20. The average molecular weight is 246 g/mol. The predicted molar refractivity (Wildman–Crippen MR) is 63.5 cm³/mol. The Morgan fingerprint density at radius 2 is 2.00 bits per heavy atom. The molecule has 1 amide bonds. The highest BCUT2D eigenvalue weighted by atomic mass is 16.4. The lowest BCUT2D eigenvalue weighted by Crippen LogP contribution is -2.13. The fraction of sp³-hybridized carbons (Fsp3) is 0. The number of hydrogen-bond acceptors (Lipinski definition) is 4. The van der Waals surface area contributed by atoms with Crippen molar-refractivity contribution in [1.29, 1.82) is 0 Å². The maximum Gasteiger partial charge on any atom is 0.337 e. The quantitative estimate of drug-likeness (QED) is 0.669. The smallest absolute Gasteiger partial charge is 0.337 e. The van der Waals surface area contributed by atoms with Crippen LogP contribution in [-0.2, 0) is 0 Å². The van der Waals surface area contributed by atoms with E-state index >= 15 is 0 Å². The Morgan fingerprint density at radius 1 is 1.28 bits per heavy atom. The molecule has 0 unspecified atom stereocenters. The molecule has 0 spiro atoms. The van der Waals surface area contributed by atoms with Crippen LogP contribution in [0.3, 0.4) is 0 Å². The minimum Gasteiger partial charge on any atom is -0.478 e. The Bertz CT molecular complexity index is 633. The first-order chi connectivity index (χ1) is 8.50. The third-order valence-corrected chi connectivity index (χ3v) is 2.37. The summed E-state index contributed by atoms with van der Waals surface area (Å²) < 4.78 is 1.22. The number of hydrogen-bond donors (Lipinski definition) is 3. The van der Waals surface area contributed by atoms with Crippen molar-refractivity contribution in [2.45, 2.75) is 0 Å². The number of rotatable bonds is 3. The molecule has 1 aromatic carbocycles. The summed E-state index contributed by atoms with van der Waals surface area (Å²) in [4.78, 5) is 22.0. The van der Waals surface area contributed by atoms with E-state index in [9.17, 15) is 9.59 Å². The van der Waals surface area contributed by atoms with E-state index in [4.69, 9.17) is 16.6 Å².